The van der Waals surface area contributed by atoms with E-state index in [-0.39, 0.29) is 0 Å². The van der Waals surface area contributed by atoms with Crippen LogP contribution in [0.15, 0.2) is 9.64 Å². The minimum Gasteiger partial charge on any atom is -0.416 e. The Morgan fingerprint density at radius 3 is 2.83 bits per heavy atom. The van der Waals surface area contributed by atoms with Gasteiger partial charge >= 0.3 is 0 Å². The van der Waals surface area contributed by atoms with E-state index >= 15 is 0 Å². The lowest BCUT2D eigenvalue weighted by Gasteiger charge is -2.40. The molecule has 0 amide bonds. The maximum Gasteiger partial charge on any atom is 0.276 e. The van der Waals surface area contributed by atoms with E-state index in [1.165, 1.54) is 19.3 Å². The summed E-state index contributed by atoms with van der Waals surface area (Å²) in [6.07, 6.45) is 3.70. The standard InChI is InChI=1S/C13H23N3OS/c1-5-14-10-6-7-13(3,4)8-11(10)18-12-16-15-9(2)17-12/h10-11,14H,5-8H2,1-4H3. The highest BCUT2D eigenvalue weighted by Gasteiger charge is 2.35. The van der Waals surface area contributed by atoms with Gasteiger partial charge < -0.3 is 9.73 Å². The van der Waals surface area contributed by atoms with Crippen molar-refractivity contribution in [3.05, 3.63) is 5.89 Å². The molecular formula is C13H23N3OS. The van der Waals surface area contributed by atoms with Crippen LogP contribution in [0.5, 0.6) is 0 Å². The molecule has 2 rings (SSSR count). The van der Waals surface area contributed by atoms with Crippen LogP contribution >= 0.6 is 11.8 Å². The lowest BCUT2D eigenvalue weighted by molar-refractivity contribution is 0.214. The Hall–Kier alpha value is -0.550. The first-order valence-corrected chi connectivity index (χ1v) is 7.58. The lowest BCUT2D eigenvalue weighted by atomic mass is 9.75. The van der Waals surface area contributed by atoms with Gasteiger partial charge in [0.15, 0.2) is 0 Å². The molecule has 4 nitrogen and oxygen atoms in total. The monoisotopic (exact) mass is 269 g/mol. The van der Waals surface area contributed by atoms with Gasteiger partial charge in [-0.3, -0.25) is 0 Å². The molecule has 1 fully saturated rings. The third-order valence-corrected chi connectivity index (χ3v) is 4.73. The summed E-state index contributed by atoms with van der Waals surface area (Å²) < 4.78 is 5.49. The third-order valence-electron chi connectivity index (χ3n) is 3.56. The molecule has 0 bridgehead atoms. The van der Waals surface area contributed by atoms with Crippen LogP contribution < -0.4 is 5.32 Å². The molecule has 0 radical (unpaired) electrons. The second-order valence-corrected chi connectivity index (χ2v) is 7.00. The largest absolute Gasteiger partial charge is 0.416 e. The number of aromatic nitrogens is 2. The number of aryl methyl sites for hydroxylation is 1. The molecule has 102 valence electrons. The predicted molar refractivity (Wildman–Crippen MR) is 73.8 cm³/mol. The third kappa shape index (κ3) is 3.48. The summed E-state index contributed by atoms with van der Waals surface area (Å²) in [4.78, 5) is 0. The molecule has 1 aromatic heterocycles. The highest BCUT2D eigenvalue weighted by molar-refractivity contribution is 7.99. The molecule has 2 atom stereocenters. The first-order valence-electron chi connectivity index (χ1n) is 6.70. The van der Waals surface area contributed by atoms with Crippen LogP contribution in [0, 0.1) is 12.3 Å². The van der Waals surface area contributed by atoms with Crippen molar-refractivity contribution < 1.29 is 4.42 Å². The van der Waals surface area contributed by atoms with E-state index in [1.54, 1.807) is 11.8 Å². The zero-order chi connectivity index (χ0) is 13.2. The number of nitrogens with one attached hydrogen (secondary N) is 1. The van der Waals surface area contributed by atoms with Gasteiger partial charge in [-0.1, -0.05) is 32.5 Å². The van der Waals surface area contributed by atoms with Crippen molar-refractivity contribution in [1.29, 1.82) is 0 Å². The molecule has 0 aromatic carbocycles. The minimum atomic E-state index is 0.415. The molecule has 2 unspecified atom stereocenters. The van der Waals surface area contributed by atoms with E-state index < -0.39 is 0 Å². The maximum atomic E-state index is 5.49. The number of hydrogen-bond donors (Lipinski definition) is 1. The molecule has 0 aliphatic heterocycles. The van der Waals surface area contributed by atoms with Crippen molar-refractivity contribution in [2.45, 2.75) is 63.5 Å². The number of hydrogen-bond acceptors (Lipinski definition) is 5. The molecule has 5 heteroatoms. The molecule has 1 saturated carbocycles. The molecule has 1 heterocycles. The first kappa shape index (κ1) is 13.9. The van der Waals surface area contributed by atoms with E-state index in [0.29, 0.717) is 27.8 Å². The fraction of sp³-hybridized carbons (Fsp3) is 0.846. The van der Waals surface area contributed by atoms with Gasteiger partial charge in [-0.05, 0) is 31.2 Å². The Morgan fingerprint density at radius 1 is 1.44 bits per heavy atom. The average molecular weight is 269 g/mol. The highest BCUT2D eigenvalue weighted by Crippen LogP contribution is 2.42. The Kier molecular flexibility index (Phi) is 4.33. The SMILES string of the molecule is CCNC1CCC(C)(C)CC1Sc1nnc(C)o1. The summed E-state index contributed by atoms with van der Waals surface area (Å²) in [5.74, 6) is 0.646. The first-order chi connectivity index (χ1) is 8.50. The van der Waals surface area contributed by atoms with E-state index in [1.807, 2.05) is 6.92 Å². The zero-order valence-corrected chi connectivity index (χ0v) is 12.5. The van der Waals surface area contributed by atoms with Crippen molar-refractivity contribution >= 4 is 11.8 Å². The Bertz CT molecular complexity index is 391. The van der Waals surface area contributed by atoms with Crippen molar-refractivity contribution in [2.24, 2.45) is 5.41 Å². The molecule has 1 aliphatic carbocycles. The molecule has 1 N–H and O–H groups in total. The summed E-state index contributed by atoms with van der Waals surface area (Å²) in [6, 6.07) is 0.556. The topological polar surface area (TPSA) is 51.0 Å². The predicted octanol–water partition coefficient (Wildman–Crippen LogP) is 3.03. The zero-order valence-electron chi connectivity index (χ0n) is 11.7. The van der Waals surface area contributed by atoms with Crippen molar-refractivity contribution in [1.82, 2.24) is 15.5 Å². The fourth-order valence-electron chi connectivity index (χ4n) is 2.60. The van der Waals surface area contributed by atoms with Gasteiger partial charge in [0.25, 0.3) is 5.22 Å². The molecule has 1 aliphatic rings. The fourth-order valence-corrected chi connectivity index (χ4v) is 4.04. The second kappa shape index (κ2) is 5.61. The second-order valence-electron chi connectivity index (χ2n) is 5.81. The van der Waals surface area contributed by atoms with Crippen LogP contribution in [0.25, 0.3) is 0 Å². The minimum absolute atomic E-state index is 0.415. The van der Waals surface area contributed by atoms with Gasteiger partial charge in [0.05, 0.1) is 0 Å². The van der Waals surface area contributed by atoms with Crippen molar-refractivity contribution in [2.75, 3.05) is 6.54 Å². The van der Waals surface area contributed by atoms with Gasteiger partial charge in [0, 0.05) is 18.2 Å². The Morgan fingerprint density at radius 2 is 2.22 bits per heavy atom. The van der Waals surface area contributed by atoms with Crippen LogP contribution in [0.1, 0.15) is 45.9 Å². The normalized spacial score (nSPS) is 27.3. The highest BCUT2D eigenvalue weighted by atomic mass is 32.2. The van der Waals surface area contributed by atoms with Gasteiger partial charge in [0.2, 0.25) is 5.89 Å². The number of nitrogens with zero attached hydrogens (tertiary/aromatic N) is 2. The lowest BCUT2D eigenvalue weighted by Crippen LogP contribution is -2.44. The summed E-state index contributed by atoms with van der Waals surface area (Å²) in [6.45, 7) is 9.72. The van der Waals surface area contributed by atoms with Gasteiger partial charge in [-0.15, -0.1) is 10.2 Å². The van der Waals surface area contributed by atoms with Crippen LogP contribution in [0.4, 0.5) is 0 Å². The Balaban J connectivity index is 2.05. The van der Waals surface area contributed by atoms with Crippen LogP contribution in [-0.4, -0.2) is 28.0 Å². The molecule has 1 aromatic rings. The van der Waals surface area contributed by atoms with Crippen LogP contribution in [-0.2, 0) is 0 Å². The Labute approximate surface area is 113 Å². The molecule has 18 heavy (non-hydrogen) atoms. The van der Waals surface area contributed by atoms with Crippen molar-refractivity contribution in [3.8, 4) is 0 Å². The van der Waals surface area contributed by atoms with Crippen molar-refractivity contribution in [3.63, 3.8) is 0 Å². The summed E-state index contributed by atoms with van der Waals surface area (Å²) in [5, 5.41) is 12.8. The van der Waals surface area contributed by atoms with Gasteiger partial charge in [0.1, 0.15) is 0 Å². The van der Waals surface area contributed by atoms with Gasteiger partial charge in [-0.2, -0.15) is 0 Å². The van der Waals surface area contributed by atoms with E-state index in [0.717, 1.165) is 6.54 Å². The molecular weight excluding hydrogens is 246 g/mol. The number of rotatable bonds is 4. The summed E-state index contributed by atoms with van der Waals surface area (Å²) in [7, 11) is 0. The van der Waals surface area contributed by atoms with E-state index in [4.69, 9.17) is 4.42 Å². The summed E-state index contributed by atoms with van der Waals surface area (Å²) in [5.41, 5.74) is 0.415. The van der Waals surface area contributed by atoms with E-state index in [2.05, 4.69) is 36.3 Å². The number of thioether (sulfide) groups is 1. The van der Waals surface area contributed by atoms with Gasteiger partial charge in [-0.25, -0.2) is 0 Å². The average Bonchev–Trinajstić information content (AvgIpc) is 2.68. The molecule has 0 saturated heterocycles. The van der Waals surface area contributed by atoms with E-state index in [9.17, 15) is 0 Å². The quantitative estimate of drug-likeness (QED) is 0.910. The summed E-state index contributed by atoms with van der Waals surface area (Å²) >= 11 is 1.73. The van der Waals surface area contributed by atoms with Crippen LogP contribution in [0.2, 0.25) is 0 Å². The maximum absolute atomic E-state index is 5.49. The van der Waals surface area contributed by atoms with Crippen LogP contribution in [0.3, 0.4) is 0 Å². The smallest absolute Gasteiger partial charge is 0.276 e. The molecule has 0 spiro atoms.